The molecule has 0 spiro atoms. The van der Waals surface area contributed by atoms with E-state index in [9.17, 15) is 4.79 Å². The molecular formula is C13H15N3OS. The van der Waals surface area contributed by atoms with Crippen LogP contribution in [0.15, 0.2) is 30.5 Å². The van der Waals surface area contributed by atoms with Gasteiger partial charge in [-0.05, 0) is 19.1 Å². The second-order valence-electron chi connectivity index (χ2n) is 3.82. The van der Waals surface area contributed by atoms with Crippen LogP contribution in [0.2, 0.25) is 0 Å². The Kier molecular flexibility index (Phi) is 3.94. The Morgan fingerprint density at radius 3 is 2.83 bits per heavy atom. The van der Waals surface area contributed by atoms with Crippen LogP contribution >= 0.6 is 11.3 Å². The van der Waals surface area contributed by atoms with Crippen LogP contribution in [0, 0.1) is 6.92 Å². The first-order valence-electron chi connectivity index (χ1n) is 5.67. The van der Waals surface area contributed by atoms with Crippen molar-refractivity contribution in [2.75, 3.05) is 12.4 Å². The molecule has 2 N–H and O–H groups in total. The molecule has 94 valence electrons. The molecule has 0 fully saturated rings. The van der Waals surface area contributed by atoms with Crippen molar-refractivity contribution < 1.29 is 4.79 Å². The van der Waals surface area contributed by atoms with E-state index < -0.39 is 0 Å². The van der Waals surface area contributed by atoms with Gasteiger partial charge in [0.25, 0.3) is 5.91 Å². The van der Waals surface area contributed by atoms with Gasteiger partial charge in [-0.3, -0.25) is 4.79 Å². The minimum atomic E-state index is -0.0778. The van der Waals surface area contributed by atoms with Gasteiger partial charge in [-0.25, -0.2) is 4.98 Å². The molecule has 0 aliphatic carbocycles. The number of thiazole rings is 1. The zero-order valence-corrected chi connectivity index (χ0v) is 11.2. The van der Waals surface area contributed by atoms with Gasteiger partial charge in [0, 0.05) is 23.8 Å². The number of hydrogen-bond acceptors (Lipinski definition) is 4. The standard InChI is InChI=1S/C13H15N3OS/c1-9-15-7-10(18-9)8-16-13(17)11-5-3-4-6-12(11)14-2/h3-7,14H,8H2,1-2H3,(H,16,17). The van der Waals surface area contributed by atoms with Crippen LogP contribution in [0.1, 0.15) is 20.2 Å². The molecule has 0 aliphatic rings. The molecule has 0 saturated heterocycles. The maximum absolute atomic E-state index is 12.0. The number of benzene rings is 1. The summed E-state index contributed by atoms with van der Waals surface area (Å²) in [6.07, 6.45) is 1.80. The topological polar surface area (TPSA) is 54.0 Å². The van der Waals surface area contributed by atoms with Gasteiger partial charge in [-0.2, -0.15) is 0 Å². The normalized spacial score (nSPS) is 10.1. The number of amides is 1. The molecule has 0 unspecified atom stereocenters. The van der Waals surface area contributed by atoms with Crippen molar-refractivity contribution in [1.82, 2.24) is 10.3 Å². The second-order valence-corrected chi connectivity index (χ2v) is 5.14. The first kappa shape index (κ1) is 12.6. The Hall–Kier alpha value is -1.88. The Morgan fingerprint density at radius 2 is 2.17 bits per heavy atom. The molecule has 1 aromatic carbocycles. The van der Waals surface area contributed by atoms with Gasteiger partial charge in [0.15, 0.2) is 0 Å². The van der Waals surface area contributed by atoms with Crippen molar-refractivity contribution >= 4 is 22.9 Å². The zero-order valence-electron chi connectivity index (χ0n) is 10.4. The Labute approximate surface area is 110 Å². The molecule has 5 heteroatoms. The number of para-hydroxylation sites is 1. The van der Waals surface area contributed by atoms with Crippen molar-refractivity contribution in [2.45, 2.75) is 13.5 Å². The van der Waals surface area contributed by atoms with Crippen molar-refractivity contribution in [3.8, 4) is 0 Å². The lowest BCUT2D eigenvalue weighted by Gasteiger charge is -2.08. The van der Waals surface area contributed by atoms with Crippen molar-refractivity contribution in [3.63, 3.8) is 0 Å². The van der Waals surface area contributed by atoms with Crippen LogP contribution in [-0.4, -0.2) is 17.9 Å². The van der Waals surface area contributed by atoms with Gasteiger partial charge < -0.3 is 10.6 Å². The van der Waals surface area contributed by atoms with E-state index in [1.54, 1.807) is 30.6 Å². The number of rotatable bonds is 4. The predicted molar refractivity (Wildman–Crippen MR) is 74.0 cm³/mol. The number of anilines is 1. The number of nitrogens with zero attached hydrogens (tertiary/aromatic N) is 1. The van der Waals surface area contributed by atoms with Crippen LogP contribution in [-0.2, 0) is 6.54 Å². The molecule has 1 amide bonds. The molecule has 0 atom stereocenters. The van der Waals surface area contributed by atoms with Gasteiger partial charge in [0.05, 0.1) is 17.1 Å². The smallest absolute Gasteiger partial charge is 0.253 e. The fourth-order valence-electron chi connectivity index (χ4n) is 1.65. The number of aromatic nitrogens is 1. The van der Waals surface area contributed by atoms with Crippen LogP contribution < -0.4 is 10.6 Å². The van der Waals surface area contributed by atoms with Crippen LogP contribution in [0.4, 0.5) is 5.69 Å². The minimum Gasteiger partial charge on any atom is -0.387 e. The number of nitrogens with one attached hydrogen (secondary N) is 2. The van der Waals surface area contributed by atoms with Gasteiger partial charge in [-0.15, -0.1) is 11.3 Å². The third-order valence-corrected chi connectivity index (χ3v) is 3.45. The summed E-state index contributed by atoms with van der Waals surface area (Å²) in [5.74, 6) is -0.0778. The highest BCUT2D eigenvalue weighted by Crippen LogP contribution is 2.15. The van der Waals surface area contributed by atoms with Crippen LogP contribution in [0.5, 0.6) is 0 Å². The third kappa shape index (κ3) is 2.87. The van der Waals surface area contributed by atoms with E-state index >= 15 is 0 Å². The first-order chi connectivity index (χ1) is 8.70. The summed E-state index contributed by atoms with van der Waals surface area (Å²) in [5, 5.41) is 6.91. The quantitative estimate of drug-likeness (QED) is 0.888. The minimum absolute atomic E-state index is 0.0778. The van der Waals surface area contributed by atoms with E-state index in [-0.39, 0.29) is 5.91 Å². The van der Waals surface area contributed by atoms with Crippen molar-refractivity contribution in [1.29, 1.82) is 0 Å². The average Bonchev–Trinajstić information content (AvgIpc) is 2.81. The lowest BCUT2D eigenvalue weighted by molar-refractivity contribution is 0.0952. The Bertz CT molecular complexity index is 551. The van der Waals surface area contributed by atoms with E-state index in [0.29, 0.717) is 12.1 Å². The summed E-state index contributed by atoms with van der Waals surface area (Å²) < 4.78 is 0. The molecule has 1 aromatic heterocycles. The second kappa shape index (κ2) is 5.64. The number of carbonyl (C=O) groups is 1. The molecule has 0 radical (unpaired) electrons. The fourth-order valence-corrected chi connectivity index (χ4v) is 2.38. The summed E-state index contributed by atoms with van der Waals surface area (Å²) >= 11 is 1.59. The Morgan fingerprint density at radius 1 is 1.39 bits per heavy atom. The molecule has 2 aromatic rings. The van der Waals surface area contributed by atoms with E-state index in [1.165, 1.54) is 0 Å². The summed E-state index contributed by atoms with van der Waals surface area (Å²) in [4.78, 5) is 17.3. The van der Waals surface area contributed by atoms with Crippen LogP contribution in [0.25, 0.3) is 0 Å². The molecule has 0 aliphatic heterocycles. The van der Waals surface area contributed by atoms with Crippen molar-refractivity contribution in [2.24, 2.45) is 0 Å². The molecule has 1 heterocycles. The predicted octanol–water partition coefficient (Wildman–Crippen LogP) is 2.42. The summed E-state index contributed by atoms with van der Waals surface area (Å²) in [7, 11) is 1.80. The number of aryl methyl sites for hydroxylation is 1. The van der Waals surface area contributed by atoms with Gasteiger partial charge in [0.2, 0.25) is 0 Å². The Balaban J connectivity index is 2.03. The van der Waals surface area contributed by atoms with Gasteiger partial charge >= 0.3 is 0 Å². The van der Waals surface area contributed by atoms with E-state index in [2.05, 4.69) is 15.6 Å². The van der Waals surface area contributed by atoms with E-state index in [4.69, 9.17) is 0 Å². The van der Waals surface area contributed by atoms with E-state index in [1.807, 2.05) is 25.1 Å². The lowest BCUT2D eigenvalue weighted by Crippen LogP contribution is -2.23. The maximum Gasteiger partial charge on any atom is 0.253 e. The SMILES string of the molecule is CNc1ccccc1C(=O)NCc1cnc(C)s1. The monoisotopic (exact) mass is 261 g/mol. The van der Waals surface area contributed by atoms with Crippen molar-refractivity contribution in [3.05, 3.63) is 45.9 Å². The van der Waals surface area contributed by atoms with E-state index in [0.717, 1.165) is 15.6 Å². The van der Waals surface area contributed by atoms with Gasteiger partial charge in [-0.1, -0.05) is 12.1 Å². The molecule has 18 heavy (non-hydrogen) atoms. The highest BCUT2D eigenvalue weighted by molar-refractivity contribution is 7.11. The largest absolute Gasteiger partial charge is 0.387 e. The highest BCUT2D eigenvalue weighted by atomic mass is 32.1. The zero-order chi connectivity index (χ0) is 13.0. The molecule has 2 rings (SSSR count). The summed E-state index contributed by atoms with van der Waals surface area (Å²) in [6, 6.07) is 7.44. The molecule has 0 bridgehead atoms. The first-order valence-corrected chi connectivity index (χ1v) is 6.48. The molecule has 4 nitrogen and oxygen atoms in total. The maximum atomic E-state index is 12.0. The fraction of sp³-hybridized carbons (Fsp3) is 0.231. The third-order valence-electron chi connectivity index (χ3n) is 2.53. The highest BCUT2D eigenvalue weighted by Gasteiger charge is 2.09. The number of carbonyl (C=O) groups excluding carboxylic acids is 1. The summed E-state index contributed by atoms with van der Waals surface area (Å²) in [5.41, 5.74) is 1.48. The van der Waals surface area contributed by atoms with Gasteiger partial charge in [0.1, 0.15) is 0 Å². The summed E-state index contributed by atoms with van der Waals surface area (Å²) in [6.45, 7) is 2.47. The lowest BCUT2D eigenvalue weighted by atomic mass is 10.1. The molecule has 0 saturated carbocycles. The molecular weight excluding hydrogens is 246 g/mol. The average molecular weight is 261 g/mol. The van der Waals surface area contributed by atoms with Crippen LogP contribution in [0.3, 0.4) is 0 Å². The number of hydrogen-bond donors (Lipinski definition) is 2.